The van der Waals surface area contributed by atoms with E-state index in [2.05, 4.69) is 17.1 Å². The third-order valence-corrected chi connectivity index (χ3v) is 5.39. The molecule has 0 bridgehead atoms. The van der Waals surface area contributed by atoms with E-state index < -0.39 is 0 Å². The summed E-state index contributed by atoms with van der Waals surface area (Å²) >= 11 is 2.08. The summed E-state index contributed by atoms with van der Waals surface area (Å²) in [6, 6.07) is 1.74. The molecule has 1 N–H and O–H groups in total. The van der Waals surface area contributed by atoms with Gasteiger partial charge in [0.15, 0.2) is 0 Å². The van der Waals surface area contributed by atoms with Gasteiger partial charge < -0.3 is 5.32 Å². The summed E-state index contributed by atoms with van der Waals surface area (Å²) in [5.74, 6) is 2.73. The molecule has 1 saturated heterocycles. The summed E-state index contributed by atoms with van der Waals surface area (Å²) in [7, 11) is 0. The number of rotatable bonds is 2. The highest BCUT2D eigenvalue weighted by atomic mass is 32.2. The van der Waals surface area contributed by atoms with E-state index in [4.69, 9.17) is 0 Å². The number of nitrogens with one attached hydrogen (secondary N) is 1. The Bertz CT molecular complexity index is 186. The molecule has 1 nitrogen and oxygen atoms in total. The lowest BCUT2D eigenvalue weighted by Crippen LogP contribution is -2.47. The van der Waals surface area contributed by atoms with Gasteiger partial charge >= 0.3 is 0 Å². The van der Waals surface area contributed by atoms with Gasteiger partial charge in [-0.25, -0.2) is 0 Å². The molecule has 0 aromatic carbocycles. The SMILES string of the molecule is C1CC2(CCC1NC1CSC1)CC2. The van der Waals surface area contributed by atoms with E-state index in [1.807, 2.05) is 0 Å². The lowest BCUT2D eigenvalue weighted by molar-refractivity contribution is 0.264. The van der Waals surface area contributed by atoms with E-state index in [9.17, 15) is 0 Å². The monoisotopic (exact) mass is 197 g/mol. The highest BCUT2D eigenvalue weighted by Gasteiger charge is 2.44. The molecule has 0 aromatic rings. The van der Waals surface area contributed by atoms with Gasteiger partial charge in [0.2, 0.25) is 0 Å². The summed E-state index contributed by atoms with van der Waals surface area (Å²) in [6.45, 7) is 0. The lowest BCUT2D eigenvalue weighted by atomic mass is 9.83. The van der Waals surface area contributed by atoms with Crippen LogP contribution in [0.2, 0.25) is 0 Å². The van der Waals surface area contributed by atoms with Crippen molar-refractivity contribution in [2.45, 2.75) is 50.6 Å². The fraction of sp³-hybridized carbons (Fsp3) is 1.00. The van der Waals surface area contributed by atoms with E-state index in [1.54, 1.807) is 12.8 Å². The van der Waals surface area contributed by atoms with Crippen molar-refractivity contribution in [3.63, 3.8) is 0 Å². The summed E-state index contributed by atoms with van der Waals surface area (Å²) < 4.78 is 0. The van der Waals surface area contributed by atoms with Gasteiger partial charge in [-0.15, -0.1) is 0 Å². The Hall–Kier alpha value is 0.310. The predicted octanol–water partition coefficient (Wildman–Crippen LogP) is 2.41. The van der Waals surface area contributed by atoms with Crippen LogP contribution in [0.5, 0.6) is 0 Å². The first-order valence-electron chi connectivity index (χ1n) is 5.70. The van der Waals surface area contributed by atoms with Gasteiger partial charge in [-0.1, -0.05) is 0 Å². The van der Waals surface area contributed by atoms with Crippen LogP contribution in [-0.4, -0.2) is 23.6 Å². The summed E-state index contributed by atoms with van der Waals surface area (Å²) in [5.41, 5.74) is 0.868. The second-order valence-corrected chi connectivity index (χ2v) is 6.25. The van der Waals surface area contributed by atoms with Gasteiger partial charge in [0.25, 0.3) is 0 Å². The molecule has 0 radical (unpaired) electrons. The van der Waals surface area contributed by atoms with Crippen LogP contribution in [0.1, 0.15) is 38.5 Å². The number of hydrogen-bond acceptors (Lipinski definition) is 2. The summed E-state index contributed by atoms with van der Waals surface area (Å²) in [6.07, 6.45) is 9.04. The molecule has 1 aliphatic heterocycles. The Labute approximate surface area is 85.0 Å². The third kappa shape index (κ3) is 1.75. The van der Waals surface area contributed by atoms with Gasteiger partial charge in [-0.2, -0.15) is 11.8 Å². The van der Waals surface area contributed by atoms with Crippen LogP contribution in [0.25, 0.3) is 0 Å². The van der Waals surface area contributed by atoms with E-state index >= 15 is 0 Å². The summed E-state index contributed by atoms with van der Waals surface area (Å²) in [5, 5.41) is 3.80. The molecule has 1 spiro atoms. The van der Waals surface area contributed by atoms with Crippen molar-refractivity contribution in [2.75, 3.05) is 11.5 Å². The molecule has 2 aliphatic carbocycles. The van der Waals surface area contributed by atoms with E-state index in [1.165, 1.54) is 37.2 Å². The minimum atomic E-state index is 0.864. The number of thioether (sulfide) groups is 1. The zero-order valence-corrected chi connectivity index (χ0v) is 9.04. The van der Waals surface area contributed by atoms with Crippen molar-refractivity contribution >= 4 is 11.8 Å². The van der Waals surface area contributed by atoms with Gasteiger partial charge in [-0.3, -0.25) is 0 Å². The predicted molar refractivity (Wildman–Crippen MR) is 58.2 cm³/mol. The normalized spacial score (nSPS) is 33.2. The van der Waals surface area contributed by atoms with E-state index in [0.29, 0.717) is 0 Å². The molecule has 0 aromatic heterocycles. The van der Waals surface area contributed by atoms with Crippen LogP contribution in [-0.2, 0) is 0 Å². The molecule has 2 saturated carbocycles. The van der Waals surface area contributed by atoms with Crippen molar-refractivity contribution in [2.24, 2.45) is 5.41 Å². The van der Waals surface area contributed by atoms with Crippen LogP contribution >= 0.6 is 11.8 Å². The van der Waals surface area contributed by atoms with Crippen molar-refractivity contribution in [1.82, 2.24) is 5.32 Å². The van der Waals surface area contributed by atoms with Crippen LogP contribution in [0, 0.1) is 5.41 Å². The maximum atomic E-state index is 3.80. The standard InChI is InChI=1S/C11H19NS/c1-3-11(5-6-11)4-2-9(1)12-10-7-13-8-10/h9-10,12H,1-8H2. The Kier molecular flexibility index (Phi) is 2.09. The molecule has 3 rings (SSSR count). The second kappa shape index (κ2) is 3.16. The molecule has 0 amide bonds. The largest absolute Gasteiger partial charge is 0.310 e. The Morgan fingerprint density at radius 3 is 2.08 bits per heavy atom. The van der Waals surface area contributed by atoms with Gasteiger partial charge in [0.1, 0.15) is 0 Å². The van der Waals surface area contributed by atoms with Crippen molar-refractivity contribution < 1.29 is 0 Å². The van der Waals surface area contributed by atoms with Crippen LogP contribution in [0.4, 0.5) is 0 Å². The fourth-order valence-corrected chi connectivity index (χ4v) is 3.40. The molecular weight excluding hydrogens is 178 g/mol. The maximum Gasteiger partial charge on any atom is 0.0251 e. The van der Waals surface area contributed by atoms with Crippen molar-refractivity contribution in [3.05, 3.63) is 0 Å². The maximum absolute atomic E-state index is 3.80. The molecule has 74 valence electrons. The first-order valence-corrected chi connectivity index (χ1v) is 6.86. The average Bonchev–Trinajstić information content (AvgIpc) is 2.82. The molecule has 3 fully saturated rings. The van der Waals surface area contributed by atoms with Crippen LogP contribution in [0.15, 0.2) is 0 Å². The quantitative estimate of drug-likeness (QED) is 0.729. The third-order valence-electron chi connectivity index (χ3n) is 4.11. The molecule has 2 heteroatoms. The molecular formula is C11H19NS. The Balaban J connectivity index is 1.45. The van der Waals surface area contributed by atoms with Crippen LogP contribution in [0.3, 0.4) is 0 Å². The minimum Gasteiger partial charge on any atom is -0.310 e. The summed E-state index contributed by atoms with van der Waals surface area (Å²) in [4.78, 5) is 0. The minimum absolute atomic E-state index is 0.864. The zero-order chi connectivity index (χ0) is 8.73. The van der Waals surface area contributed by atoms with Crippen LogP contribution < -0.4 is 5.32 Å². The van der Waals surface area contributed by atoms with E-state index in [-0.39, 0.29) is 0 Å². The highest BCUT2D eigenvalue weighted by molar-refractivity contribution is 8.00. The molecule has 0 atom stereocenters. The molecule has 3 aliphatic rings. The van der Waals surface area contributed by atoms with Gasteiger partial charge in [-0.05, 0) is 43.9 Å². The highest BCUT2D eigenvalue weighted by Crippen LogP contribution is 2.56. The first-order chi connectivity index (χ1) is 6.36. The second-order valence-electron chi connectivity index (χ2n) is 5.18. The number of hydrogen-bond donors (Lipinski definition) is 1. The Morgan fingerprint density at radius 1 is 0.923 bits per heavy atom. The molecule has 13 heavy (non-hydrogen) atoms. The fourth-order valence-electron chi connectivity index (χ4n) is 2.74. The Morgan fingerprint density at radius 2 is 1.62 bits per heavy atom. The zero-order valence-electron chi connectivity index (χ0n) is 8.22. The van der Waals surface area contributed by atoms with Crippen molar-refractivity contribution in [1.29, 1.82) is 0 Å². The van der Waals surface area contributed by atoms with Crippen molar-refractivity contribution in [3.8, 4) is 0 Å². The van der Waals surface area contributed by atoms with Gasteiger partial charge in [0.05, 0.1) is 0 Å². The van der Waals surface area contributed by atoms with Gasteiger partial charge in [0, 0.05) is 23.6 Å². The topological polar surface area (TPSA) is 12.0 Å². The molecule has 1 heterocycles. The first kappa shape index (κ1) is 8.60. The molecule has 0 unspecified atom stereocenters. The smallest absolute Gasteiger partial charge is 0.0251 e. The average molecular weight is 197 g/mol. The van der Waals surface area contributed by atoms with E-state index in [0.717, 1.165) is 17.5 Å². The lowest BCUT2D eigenvalue weighted by Gasteiger charge is -2.35.